The number of carbonyl (C=O) groups excluding carboxylic acids is 1. The quantitative estimate of drug-likeness (QED) is 0.918. The van der Waals surface area contributed by atoms with Gasteiger partial charge in [-0.05, 0) is 55.2 Å². The van der Waals surface area contributed by atoms with Crippen molar-refractivity contribution in [1.29, 1.82) is 0 Å². The summed E-state index contributed by atoms with van der Waals surface area (Å²) < 4.78 is 0. The van der Waals surface area contributed by atoms with Gasteiger partial charge in [0.1, 0.15) is 0 Å². The SMILES string of the molecule is Cc1ncccc1C(=O)N[C@@H]1CCc2ccc(Cl)cc21. The zero-order valence-electron chi connectivity index (χ0n) is 11.2. The number of nitrogens with one attached hydrogen (secondary N) is 1. The fraction of sp³-hybridized carbons (Fsp3) is 0.250. The van der Waals surface area contributed by atoms with E-state index in [4.69, 9.17) is 11.6 Å². The predicted octanol–water partition coefficient (Wildman–Crippen LogP) is 3.46. The van der Waals surface area contributed by atoms with Gasteiger partial charge in [-0.15, -0.1) is 0 Å². The lowest BCUT2D eigenvalue weighted by atomic mass is 10.1. The third kappa shape index (κ3) is 2.41. The summed E-state index contributed by atoms with van der Waals surface area (Å²) >= 11 is 6.04. The minimum Gasteiger partial charge on any atom is -0.345 e. The molecule has 1 aromatic heterocycles. The number of benzene rings is 1. The van der Waals surface area contributed by atoms with E-state index in [1.165, 1.54) is 5.56 Å². The van der Waals surface area contributed by atoms with Gasteiger partial charge in [0, 0.05) is 16.9 Å². The van der Waals surface area contributed by atoms with Crippen LogP contribution in [0.2, 0.25) is 5.02 Å². The highest BCUT2D eigenvalue weighted by Gasteiger charge is 2.25. The number of aromatic nitrogens is 1. The van der Waals surface area contributed by atoms with E-state index in [0.717, 1.165) is 24.1 Å². The van der Waals surface area contributed by atoms with Crippen molar-refractivity contribution in [1.82, 2.24) is 10.3 Å². The summed E-state index contributed by atoms with van der Waals surface area (Å²) in [5.41, 5.74) is 3.77. The van der Waals surface area contributed by atoms with E-state index in [0.29, 0.717) is 10.6 Å². The second-order valence-electron chi connectivity index (χ2n) is 5.04. The van der Waals surface area contributed by atoms with E-state index in [2.05, 4.69) is 10.3 Å². The molecule has 0 saturated heterocycles. The van der Waals surface area contributed by atoms with Crippen molar-refractivity contribution in [3.8, 4) is 0 Å². The van der Waals surface area contributed by atoms with Crippen molar-refractivity contribution >= 4 is 17.5 Å². The van der Waals surface area contributed by atoms with E-state index in [1.807, 2.05) is 25.1 Å². The van der Waals surface area contributed by atoms with Crippen LogP contribution in [0.5, 0.6) is 0 Å². The van der Waals surface area contributed by atoms with Gasteiger partial charge in [-0.2, -0.15) is 0 Å². The molecule has 1 aliphatic carbocycles. The number of carbonyl (C=O) groups is 1. The Balaban J connectivity index is 1.82. The smallest absolute Gasteiger partial charge is 0.253 e. The van der Waals surface area contributed by atoms with E-state index >= 15 is 0 Å². The second kappa shape index (κ2) is 5.25. The molecule has 102 valence electrons. The molecule has 0 radical (unpaired) electrons. The predicted molar refractivity (Wildman–Crippen MR) is 79.0 cm³/mol. The Morgan fingerprint density at radius 2 is 2.25 bits per heavy atom. The van der Waals surface area contributed by atoms with Crippen molar-refractivity contribution in [2.75, 3.05) is 0 Å². The number of fused-ring (bicyclic) bond motifs is 1. The Kier molecular flexibility index (Phi) is 3.45. The van der Waals surface area contributed by atoms with Crippen LogP contribution in [0.4, 0.5) is 0 Å². The molecule has 1 aliphatic rings. The monoisotopic (exact) mass is 286 g/mol. The first-order valence-corrected chi connectivity index (χ1v) is 7.04. The fourth-order valence-electron chi connectivity index (χ4n) is 2.68. The number of hydrogen-bond donors (Lipinski definition) is 1. The number of amides is 1. The van der Waals surface area contributed by atoms with Gasteiger partial charge in [-0.1, -0.05) is 17.7 Å². The largest absolute Gasteiger partial charge is 0.345 e. The lowest BCUT2D eigenvalue weighted by Crippen LogP contribution is -2.27. The second-order valence-corrected chi connectivity index (χ2v) is 5.48. The summed E-state index contributed by atoms with van der Waals surface area (Å²) in [6, 6.07) is 9.50. The number of rotatable bonds is 2. The number of pyridine rings is 1. The van der Waals surface area contributed by atoms with Crippen LogP contribution in [-0.2, 0) is 6.42 Å². The van der Waals surface area contributed by atoms with Gasteiger partial charge in [0.2, 0.25) is 0 Å². The summed E-state index contributed by atoms with van der Waals surface area (Å²) in [6.07, 6.45) is 3.58. The van der Waals surface area contributed by atoms with Gasteiger partial charge in [-0.3, -0.25) is 9.78 Å². The summed E-state index contributed by atoms with van der Waals surface area (Å²) in [7, 11) is 0. The van der Waals surface area contributed by atoms with Crippen LogP contribution in [0, 0.1) is 6.92 Å². The van der Waals surface area contributed by atoms with Crippen molar-refractivity contribution in [2.24, 2.45) is 0 Å². The molecule has 1 amide bonds. The molecule has 1 aromatic carbocycles. The van der Waals surface area contributed by atoms with Gasteiger partial charge in [0.05, 0.1) is 11.6 Å². The lowest BCUT2D eigenvalue weighted by Gasteiger charge is -2.15. The summed E-state index contributed by atoms with van der Waals surface area (Å²) in [4.78, 5) is 16.5. The molecule has 20 heavy (non-hydrogen) atoms. The molecular formula is C16H15ClN2O. The molecule has 3 rings (SSSR count). The average molecular weight is 287 g/mol. The molecule has 3 nitrogen and oxygen atoms in total. The maximum Gasteiger partial charge on any atom is 0.253 e. The Morgan fingerprint density at radius 1 is 1.40 bits per heavy atom. The normalized spacial score (nSPS) is 16.8. The fourth-order valence-corrected chi connectivity index (χ4v) is 2.86. The van der Waals surface area contributed by atoms with Crippen molar-refractivity contribution in [3.63, 3.8) is 0 Å². The molecule has 1 heterocycles. The average Bonchev–Trinajstić information content (AvgIpc) is 2.82. The molecule has 0 aliphatic heterocycles. The van der Waals surface area contributed by atoms with Crippen molar-refractivity contribution in [3.05, 3.63) is 63.9 Å². The minimum absolute atomic E-state index is 0.0378. The Hall–Kier alpha value is -1.87. The number of hydrogen-bond acceptors (Lipinski definition) is 2. The first-order chi connectivity index (χ1) is 9.65. The third-order valence-corrected chi connectivity index (χ3v) is 3.98. The molecule has 1 N–H and O–H groups in total. The zero-order valence-corrected chi connectivity index (χ0v) is 11.9. The van der Waals surface area contributed by atoms with E-state index in [9.17, 15) is 4.79 Å². The number of halogens is 1. The van der Waals surface area contributed by atoms with Crippen LogP contribution < -0.4 is 5.32 Å². The molecule has 0 spiro atoms. The van der Waals surface area contributed by atoms with E-state index < -0.39 is 0 Å². The van der Waals surface area contributed by atoms with Gasteiger partial charge < -0.3 is 5.32 Å². The Bertz CT molecular complexity index is 669. The molecule has 2 aromatic rings. The molecule has 0 unspecified atom stereocenters. The highest BCUT2D eigenvalue weighted by atomic mass is 35.5. The number of aryl methyl sites for hydroxylation is 2. The van der Waals surface area contributed by atoms with Gasteiger partial charge >= 0.3 is 0 Å². The molecule has 0 fully saturated rings. The van der Waals surface area contributed by atoms with Crippen LogP contribution >= 0.6 is 11.6 Å². The Labute approximate surface area is 123 Å². The highest BCUT2D eigenvalue weighted by molar-refractivity contribution is 6.30. The topological polar surface area (TPSA) is 42.0 Å². The Morgan fingerprint density at radius 3 is 3.05 bits per heavy atom. The minimum atomic E-state index is -0.0755. The summed E-state index contributed by atoms with van der Waals surface area (Å²) in [6.45, 7) is 1.84. The highest BCUT2D eigenvalue weighted by Crippen LogP contribution is 2.33. The number of nitrogens with zero attached hydrogens (tertiary/aromatic N) is 1. The van der Waals surface area contributed by atoms with E-state index in [-0.39, 0.29) is 11.9 Å². The van der Waals surface area contributed by atoms with Crippen LogP contribution in [-0.4, -0.2) is 10.9 Å². The lowest BCUT2D eigenvalue weighted by molar-refractivity contribution is 0.0935. The molecule has 0 bridgehead atoms. The van der Waals surface area contributed by atoms with Crippen molar-refractivity contribution in [2.45, 2.75) is 25.8 Å². The summed E-state index contributed by atoms with van der Waals surface area (Å²) in [5, 5.41) is 3.79. The molecule has 1 atom stereocenters. The maximum absolute atomic E-state index is 12.3. The summed E-state index contributed by atoms with van der Waals surface area (Å²) in [5.74, 6) is -0.0755. The molecular weight excluding hydrogens is 272 g/mol. The standard InChI is InChI=1S/C16H15ClN2O/c1-10-13(3-2-8-18-10)16(20)19-15-7-5-11-4-6-12(17)9-14(11)15/h2-4,6,8-9,15H,5,7H2,1H3,(H,19,20)/t15-/m1/s1. The van der Waals surface area contributed by atoms with Gasteiger partial charge in [0.25, 0.3) is 5.91 Å². The van der Waals surface area contributed by atoms with Gasteiger partial charge in [0.15, 0.2) is 0 Å². The molecule has 4 heteroatoms. The molecule has 0 saturated carbocycles. The third-order valence-electron chi connectivity index (χ3n) is 3.74. The van der Waals surface area contributed by atoms with E-state index in [1.54, 1.807) is 18.3 Å². The van der Waals surface area contributed by atoms with Crippen molar-refractivity contribution < 1.29 is 4.79 Å². The van der Waals surface area contributed by atoms with Gasteiger partial charge in [-0.25, -0.2) is 0 Å². The first-order valence-electron chi connectivity index (χ1n) is 6.66. The van der Waals surface area contributed by atoms with Crippen LogP contribution in [0.1, 0.15) is 39.6 Å². The van der Waals surface area contributed by atoms with Crippen LogP contribution in [0.25, 0.3) is 0 Å². The first kappa shape index (κ1) is 13.1. The maximum atomic E-state index is 12.3. The van der Waals surface area contributed by atoms with Crippen LogP contribution in [0.3, 0.4) is 0 Å². The zero-order chi connectivity index (χ0) is 14.1. The van der Waals surface area contributed by atoms with Crippen LogP contribution in [0.15, 0.2) is 36.5 Å².